The lowest BCUT2D eigenvalue weighted by Crippen LogP contribution is -2.63. The molecule has 4 aliphatic carbocycles. The molecule has 2 nitrogen and oxygen atoms in total. The fourth-order valence-electron chi connectivity index (χ4n) is 4.24. The Hall–Kier alpha value is -0.670. The fourth-order valence-corrected chi connectivity index (χ4v) is 4.24. The molecule has 84 valence electrons. The van der Waals surface area contributed by atoms with Crippen molar-refractivity contribution in [1.82, 2.24) is 0 Å². The highest BCUT2D eigenvalue weighted by Gasteiger charge is 2.71. The van der Waals surface area contributed by atoms with Crippen LogP contribution in [0.15, 0.2) is 0 Å². The standard InChI is InChI=1S/C11H14F2O2/c12-11(13)8-2-6-1-7(3-8)5-10(11,4-6)9(14)15/h6-8H,1-5H2,(H,14,15)/t6-,7+,8?,10?. The van der Waals surface area contributed by atoms with Crippen molar-refractivity contribution >= 4 is 5.97 Å². The van der Waals surface area contributed by atoms with E-state index in [1.165, 1.54) is 0 Å². The van der Waals surface area contributed by atoms with Crippen LogP contribution in [0.25, 0.3) is 0 Å². The first kappa shape index (κ1) is 9.55. The van der Waals surface area contributed by atoms with Crippen LogP contribution in [0.3, 0.4) is 0 Å². The fraction of sp³-hybridized carbons (Fsp3) is 0.909. The Balaban J connectivity index is 2.08. The summed E-state index contributed by atoms with van der Waals surface area (Å²) in [7, 11) is 0. The van der Waals surface area contributed by atoms with Gasteiger partial charge in [-0.2, -0.15) is 0 Å². The number of hydrogen-bond donors (Lipinski definition) is 1. The molecule has 1 N–H and O–H groups in total. The van der Waals surface area contributed by atoms with E-state index in [1.54, 1.807) is 0 Å². The minimum Gasteiger partial charge on any atom is -0.481 e. The maximum atomic E-state index is 14.0. The van der Waals surface area contributed by atoms with E-state index in [2.05, 4.69) is 0 Å². The van der Waals surface area contributed by atoms with Crippen LogP contribution in [0.5, 0.6) is 0 Å². The van der Waals surface area contributed by atoms with Gasteiger partial charge in [-0.1, -0.05) is 0 Å². The normalized spacial score (nSPS) is 50.7. The Kier molecular flexibility index (Phi) is 1.61. The molecule has 0 spiro atoms. The predicted octanol–water partition coefficient (Wildman–Crippen LogP) is 2.53. The molecule has 0 aromatic carbocycles. The second-order valence-electron chi connectivity index (χ2n) is 5.55. The Morgan fingerprint density at radius 2 is 1.67 bits per heavy atom. The summed E-state index contributed by atoms with van der Waals surface area (Å²) in [6, 6.07) is 0. The van der Waals surface area contributed by atoms with Crippen molar-refractivity contribution in [3.8, 4) is 0 Å². The Morgan fingerprint density at radius 3 is 2.13 bits per heavy atom. The monoisotopic (exact) mass is 216 g/mol. The molecule has 0 aromatic heterocycles. The average molecular weight is 216 g/mol. The minimum atomic E-state index is -2.98. The third kappa shape index (κ3) is 0.955. The van der Waals surface area contributed by atoms with E-state index in [0.29, 0.717) is 12.8 Å². The van der Waals surface area contributed by atoms with Gasteiger partial charge in [-0.05, 0) is 43.9 Å². The number of carboxylic acid groups (broad SMARTS) is 1. The number of carbonyl (C=O) groups is 1. The van der Waals surface area contributed by atoms with Crippen LogP contribution in [0.2, 0.25) is 0 Å². The Morgan fingerprint density at radius 1 is 1.13 bits per heavy atom. The number of carboxylic acids is 1. The number of alkyl halides is 2. The van der Waals surface area contributed by atoms with Crippen LogP contribution in [0, 0.1) is 23.2 Å². The summed E-state index contributed by atoms with van der Waals surface area (Å²) in [5.74, 6) is -4.45. The minimum absolute atomic E-state index is 0.197. The molecule has 0 aromatic rings. The van der Waals surface area contributed by atoms with Crippen molar-refractivity contribution in [2.45, 2.75) is 38.0 Å². The van der Waals surface area contributed by atoms with E-state index in [-0.39, 0.29) is 24.7 Å². The largest absolute Gasteiger partial charge is 0.481 e. The molecule has 0 amide bonds. The molecule has 4 rings (SSSR count). The van der Waals surface area contributed by atoms with Gasteiger partial charge in [0.2, 0.25) is 0 Å². The highest BCUT2D eigenvalue weighted by atomic mass is 19.3. The van der Waals surface area contributed by atoms with Gasteiger partial charge in [0.05, 0.1) is 0 Å². The summed E-state index contributed by atoms with van der Waals surface area (Å²) in [5.41, 5.74) is -1.72. The summed E-state index contributed by atoms with van der Waals surface area (Å²) in [5, 5.41) is 9.13. The zero-order valence-corrected chi connectivity index (χ0v) is 8.38. The SMILES string of the molecule is O=C(O)C12C[C@@H]3CC(C[C@@H](C3)C1)C2(F)F. The van der Waals surface area contributed by atoms with Crippen molar-refractivity contribution in [2.75, 3.05) is 0 Å². The van der Waals surface area contributed by atoms with Gasteiger partial charge in [0.25, 0.3) is 5.92 Å². The summed E-state index contributed by atoms with van der Waals surface area (Å²) in [4.78, 5) is 11.2. The third-order valence-corrected chi connectivity index (χ3v) is 4.74. The molecule has 15 heavy (non-hydrogen) atoms. The van der Waals surface area contributed by atoms with Crippen molar-refractivity contribution < 1.29 is 18.7 Å². The van der Waals surface area contributed by atoms with Gasteiger partial charge >= 0.3 is 5.97 Å². The number of aliphatic carboxylic acids is 1. The van der Waals surface area contributed by atoms with E-state index in [1.807, 2.05) is 0 Å². The van der Waals surface area contributed by atoms with Crippen LogP contribution in [-0.4, -0.2) is 17.0 Å². The molecule has 4 atom stereocenters. The first-order chi connectivity index (χ1) is 6.96. The molecule has 4 bridgehead atoms. The third-order valence-electron chi connectivity index (χ3n) is 4.74. The van der Waals surface area contributed by atoms with Crippen molar-refractivity contribution in [1.29, 1.82) is 0 Å². The summed E-state index contributed by atoms with van der Waals surface area (Å²) < 4.78 is 28.1. The summed E-state index contributed by atoms with van der Waals surface area (Å²) >= 11 is 0. The maximum Gasteiger partial charge on any atom is 0.315 e. The highest BCUT2D eigenvalue weighted by molar-refractivity contribution is 5.77. The van der Waals surface area contributed by atoms with Crippen LogP contribution < -0.4 is 0 Å². The zero-order chi connectivity index (χ0) is 10.8. The molecule has 4 saturated carbocycles. The molecule has 4 heteroatoms. The second-order valence-corrected chi connectivity index (χ2v) is 5.55. The molecule has 4 aliphatic rings. The molecule has 0 saturated heterocycles. The lowest BCUT2D eigenvalue weighted by molar-refractivity contribution is -0.256. The van der Waals surface area contributed by atoms with E-state index < -0.39 is 23.2 Å². The van der Waals surface area contributed by atoms with Crippen molar-refractivity contribution in [3.05, 3.63) is 0 Å². The van der Waals surface area contributed by atoms with Gasteiger partial charge in [0.1, 0.15) is 5.41 Å². The Bertz CT molecular complexity index is 313. The van der Waals surface area contributed by atoms with Gasteiger partial charge in [0.15, 0.2) is 0 Å². The van der Waals surface area contributed by atoms with E-state index in [0.717, 1.165) is 6.42 Å². The molecular weight excluding hydrogens is 202 g/mol. The van der Waals surface area contributed by atoms with E-state index >= 15 is 0 Å². The van der Waals surface area contributed by atoms with Crippen LogP contribution in [0.1, 0.15) is 32.1 Å². The smallest absolute Gasteiger partial charge is 0.315 e. The lowest BCUT2D eigenvalue weighted by atomic mass is 9.47. The van der Waals surface area contributed by atoms with E-state index in [4.69, 9.17) is 5.11 Å². The van der Waals surface area contributed by atoms with Gasteiger partial charge in [-0.3, -0.25) is 4.79 Å². The predicted molar refractivity (Wildman–Crippen MR) is 48.6 cm³/mol. The van der Waals surface area contributed by atoms with Crippen LogP contribution in [0.4, 0.5) is 8.78 Å². The molecule has 0 radical (unpaired) electrons. The zero-order valence-electron chi connectivity index (χ0n) is 8.38. The first-order valence-corrected chi connectivity index (χ1v) is 5.57. The number of rotatable bonds is 1. The van der Waals surface area contributed by atoms with Crippen LogP contribution >= 0.6 is 0 Å². The lowest BCUT2D eigenvalue weighted by Gasteiger charge is -2.58. The quantitative estimate of drug-likeness (QED) is 0.731. The topological polar surface area (TPSA) is 37.3 Å². The van der Waals surface area contributed by atoms with Gasteiger partial charge < -0.3 is 5.11 Å². The van der Waals surface area contributed by atoms with Crippen molar-refractivity contribution in [2.24, 2.45) is 23.2 Å². The van der Waals surface area contributed by atoms with Gasteiger partial charge in [-0.25, -0.2) is 8.78 Å². The summed E-state index contributed by atoms with van der Waals surface area (Å²) in [6.07, 6.45) is 2.45. The van der Waals surface area contributed by atoms with Gasteiger partial charge in [-0.15, -0.1) is 0 Å². The average Bonchev–Trinajstić information content (AvgIpc) is 2.13. The Labute approximate surface area is 86.7 Å². The summed E-state index contributed by atoms with van der Waals surface area (Å²) in [6.45, 7) is 0. The highest BCUT2D eigenvalue weighted by Crippen LogP contribution is 2.66. The number of halogens is 2. The molecule has 0 aliphatic heterocycles. The maximum absolute atomic E-state index is 14.0. The first-order valence-electron chi connectivity index (χ1n) is 5.57. The second kappa shape index (κ2) is 2.53. The number of hydrogen-bond acceptors (Lipinski definition) is 1. The van der Waals surface area contributed by atoms with Crippen molar-refractivity contribution in [3.63, 3.8) is 0 Å². The van der Waals surface area contributed by atoms with Gasteiger partial charge in [0, 0.05) is 5.92 Å². The van der Waals surface area contributed by atoms with E-state index in [9.17, 15) is 13.6 Å². The molecule has 0 heterocycles. The molecular formula is C11H14F2O2. The molecule has 4 fully saturated rings. The molecule has 2 unspecified atom stereocenters. The van der Waals surface area contributed by atoms with Crippen LogP contribution in [-0.2, 0) is 4.79 Å².